The quantitative estimate of drug-likeness (QED) is 0.785. The molecule has 0 bridgehead atoms. The fourth-order valence-corrected chi connectivity index (χ4v) is 3.73. The van der Waals surface area contributed by atoms with Gasteiger partial charge in [0, 0.05) is 30.2 Å². The number of piperidine rings is 1. The Kier molecular flexibility index (Phi) is 5.64. The minimum absolute atomic E-state index is 0.0299. The number of rotatable bonds is 3. The molecule has 2 aliphatic rings. The lowest BCUT2D eigenvalue weighted by atomic mass is 10.0. The molecular weight excluding hydrogens is 374 g/mol. The minimum Gasteiger partial charge on any atom is -0.450 e. The molecule has 0 saturated carbocycles. The fraction of sp³-hybridized carbons (Fsp3) is 0.524. The zero-order valence-electron chi connectivity index (χ0n) is 17.3. The highest BCUT2D eigenvalue weighted by atomic mass is 16.5. The van der Waals surface area contributed by atoms with Gasteiger partial charge in [-0.1, -0.05) is 0 Å². The third-order valence-corrected chi connectivity index (χ3v) is 5.18. The molecule has 29 heavy (non-hydrogen) atoms. The maximum absolute atomic E-state index is 12.9. The lowest BCUT2D eigenvalue weighted by Gasteiger charge is -2.32. The van der Waals surface area contributed by atoms with Crippen molar-refractivity contribution in [1.82, 2.24) is 15.1 Å². The largest absolute Gasteiger partial charge is 0.450 e. The molecule has 0 aromatic heterocycles. The molecule has 0 spiro atoms. The van der Waals surface area contributed by atoms with Gasteiger partial charge in [0.1, 0.15) is 0 Å². The zero-order valence-corrected chi connectivity index (χ0v) is 17.3. The van der Waals surface area contributed by atoms with Gasteiger partial charge in [0.25, 0.3) is 17.7 Å². The Morgan fingerprint density at radius 3 is 2.31 bits per heavy atom. The summed E-state index contributed by atoms with van der Waals surface area (Å²) in [7, 11) is 0. The second-order valence-electron chi connectivity index (χ2n) is 8.31. The van der Waals surface area contributed by atoms with Crippen LogP contribution in [-0.2, 0) is 4.74 Å². The number of amides is 4. The average molecular weight is 401 g/mol. The molecule has 1 N–H and O–H groups in total. The van der Waals surface area contributed by atoms with Crippen molar-refractivity contribution in [3.63, 3.8) is 0 Å². The van der Waals surface area contributed by atoms with E-state index in [2.05, 4.69) is 5.32 Å². The van der Waals surface area contributed by atoms with Crippen LogP contribution in [0.2, 0.25) is 0 Å². The number of likely N-dealkylation sites (tertiary alicyclic amines) is 1. The third kappa shape index (κ3) is 4.11. The number of imide groups is 1. The van der Waals surface area contributed by atoms with Crippen LogP contribution in [0.5, 0.6) is 0 Å². The van der Waals surface area contributed by atoms with Gasteiger partial charge in [-0.05, 0) is 58.7 Å². The van der Waals surface area contributed by atoms with Gasteiger partial charge in [-0.25, -0.2) is 4.79 Å². The van der Waals surface area contributed by atoms with Gasteiger partial charge >= 0.3 is 6.09 Å². The van der Waals surface area contributed by atoms with E-state index in [1.54, 1.807) is 44.7 Å². The number of hydrogen-bond acceptors (Lipinski definition) is 5. The number of nitrogens with zero attached hydrogens (tertiary/aromatic N) is 2. The van der Waals surface area contributed by atoms with Crippen molar-refractivity contribution in [1.29, 1.82) is 0 Å². The lowest BCUT2D eigenvalue weighted by Crippen LogP contribution is -2.46. The first-order valence-corrected chi connectivity index (χ1v) is 9.89. The standard InChI is InChI=1S/C21H27N3O5/c1-5-29-20(28)22-14-8-10-23(11-9-14)17(25)13-6-7-15-16(12-13)19(27)24(18(15)26)21(2,3)4/h6-7,12,14H,5,8-11H2,1-4H3,(H,22,28). The molecule has 2 heterocycles. The van der Waals surface area contributed by atoms with Gasteiger partial charge in [0.15, 0.2) is 0 Å². The number of benzene rings is 1. The van der Waals surface area contributed by atoms with E-state index in [9.17, 15) is 19.2 Å². The highest BCUT2D eigenvalue weighted by Crippen LogP contribution is 2.30. The van der Waals surface area contributed by atoms with Crippen molar-refractivity contribution in [2.75, 3.05) is 19.7 Å². The molecule has 8 heteroatoms. The van der Waals surface area contributed by atoms with E-state index in [0.717, 1.165) is 0 Å². The van der Waals surface area contributed by atoms with E-state index in [4.69, 9.17) is 4.74 Å². The summed E-state index contributed by atoms with van der Waals surface area (Å²) in [5.41, 5.74) is 0.358. The van der Waals surface area contributed by atoms with E-state index >= 15 is 0 Å². The molecule has 3 rings (SSSR count). The van der Waals surface area contributed by atoms with Crippen LogP contribution >= 0.6 is 0 Å². The van der Waals surface area contributed by atoms with Gasteiger partial charge < -0.3 is 15.0 Å². The maximum Gasteiger partial charge on any atom is 0.407 e. The van der Waals surface area contributed by atoms with Crippen LogP contribution in [0.15, 0.2) is 18.2 Å². The van der Waals surface area contributed by atoms with Crippen LogP contribution in [-0.4, -0.2) is 64.9 Å². The van der Waals surface area contributed by atoms with E-state index < -0.39 is 11.6 Å². The van der Waals surface area contributed by atoms with E-state index in [-0.39, 0.29) is 29.3 Å². The van der Waals surface area contributed by atoms with Gasteiger partial charge in [-0.15, -0.1) is 0 Å². The molecule has 0 atom stereocenters. The lowest BCUT2D eigenvalue weighted by molar-refractivity contribution is 0.0507. The summed E-state index contributed by atoms with van der Waals surface area (Å²) in [4.78, 5) is 52.7. The van der Waals surface area contributed by atoms with Crippen LogP contribution < -0.4 is 5.32 Å². The average Bonchev–Trinajstić information content (AvgIpc) is 2.92. The Balaban J connectivity index is 1.69. The number of alkyl carbamates (subject to hydrolysis) is 1. The smallest absolute Gasteiger partial charge is 0.407 e. The monoisotopic (exact) mass is 401 g/mol. The summed E-state index contributed by atoms with van der Waals surface area (Å²) in [6.07, 6.45) is 0.817. The van der Waals surface area contributed by atoms with Crippen LogP contribution in [0, 0.1) is 0 Å². The second kappa shape index (κ2) is 7.85. The fourth-order valence-electron chi connectivity index (χ4n) is 3.73. The molecule has 8 nitrogen and oxygen atoms in total. The number of fused-ring (bicyclic) bond motifs is 1. The molecule has 0 radical (unpaired) electrons. The molecule has 4 amide bonds. The summed E-state index contributed by atoms with van der Waals surface area (Å²) in [5.74, 6) is -0.885. The SMILES string of the molecule is CCOC(=O)NC1CCN(C(=O)c2ccc3c(c2)C(=O)N(C(C)(C)C)C3=O)CC1. The first-order valence-electron chi connectivity index (χ1n) is 9.89. The second-order valence-corrected chi connectivity index (χ2v) is 8.31. The summed E-state index contributed by atoms with van der Waals surface area (Å²) < 4.78 is 4.89. The molecule has 1 saturated heterocycles. The summed E-state index contributed by atoms with van der Waals surface area (Å²) in [6, 6.07) is 4.65. The zero-order chi connectivity index (χ0) is 21.3. The normalized spacial score (nSPS) is 17.4. The summed E-state index contributed by atoms with van der Waals surface area (Å²) in [6.45, 7) is 8.45. The van der Waals surface area contributed by atoms with Crippen molar-refractivity contribution in [3.8, 4) is 0 Å². The first kappa shape index (κ1) is 20.8. The third-order valence-electron chi connectivity index (χ3n) is 5.18. The number of hydrogen-bond donors (Lipinski definition) is 1. The van der Waals surface area contributed by atoms with Crippen molar-refractivity contribution in [2.45, 2.75) is 52.1 Å². The number of nitrogens with one attached hydrogen (secondary N) is 1. The van der Waals surface area contributed by atoms with E-state index in [0.29, 0.717) is 43.7 Å². The molecule has 156 valence electrons. The molecule has 2 aliphatic heterocycles. The van der Waals surface area contributed by atoms with Crippen molar-refractivity contribution in [3.05, 3.63) is 34.9 Å². The van der Waals surface area contributed by atoms with Crippen molar-refractivity contribution in [2.24, 2.45) is 0 Å². The number of carbonyl (C=O) groups excluding carboxylic acids is 4. The predicted molar refractivity (Wildman–Crippen MR) is 106 cm³/mol. The maximum atomic E-state index is 12.9. The molecular formula is C21H27N3O5. The Labute approximate surface area is 170 Å². The minimum atomic E-state index is -0.634. The van der Waals surface area contributed by atoms with E-state index in [1.807, 2.05) is 0 Å². The highest BCUT2D eigenvalue weighted by Gasteiger charge is 2.42. The molecule has 0 unspecified atom stereocenters. The van der Waals surface area contributed by atoms with E-state index in [1.165, 1.54) is 11.0 Å². The Hall–Kier alpha value is -2.90. The Morgan fingerprint density at radius 2 is 1.72 bits per heavy atom. The molecule has 0 aliphatic carbocycles. The summed E-state index contributed by atoms with van der Waals surface area (Å²) >= 11 is 0. The van der Waals surface area contributed by atoms with Crippen LogP contribution in [0.1, 0.15) is 71.6 Å². The molecule has 1 aromatic rings. The topological polar surface area (TPSA) is 96.0 Å². The first-order chi connectivity index (χ1) is 13.6. The Morgan fingerprint density at radius 1 is 1.10 bits per heavy atom. The highest BCUT2D eigenvalue weighted by molar-refractivity contribution is 6.22. The Bertz CT molecular complexity index is 850. The number of ether oxygens (including phenoxy) is 1. The van der Waals surface area contributed by atoms with Gasteiger partial charge in [-0.2, -0.15) is 0 Å². The molecule has 1 fully saturated rings. The number of carbonyl (C=O) groups is 4. The van der Waals surface area contributed by atoms with Crippen molar-refractivity contribution >= 4 is 23.8 Å². The van der Waals surface area contributed by atoms with Crippen LogP contribution in [0.4, 0.5) is 4.79 Å². The van der Waals surface area contributed by atoms with Gasteiger partial charge in [0.2, 0.25) is 0 Å². The van der Waals surface area contributed by atoms with Gasteiger partial charge in [-0.3, -0.25) is 19.3 Å². The van der Waals surface area contributed by atoms with Crippen LogP contribution in [0.25, 0.3) is 0 Å². The molecule has 1 aromatic carbocycles. The van der Waals surface area contributed by atoms with Crippen LogP contribution in [0.3, 0.4) is 0 Å². The van der Waals surface area contributed by atoms with Gasteiger partial charge in [0.05, 0.1) is 17.7 Å². The van der Waals surface area contributed by atoms with Crippen molar-refractivity contribution < 1.29 is 23.9 Å². The summed E-state index contributed by atoms with van der Waals surface area (Å²) in [5, 5.41) is 2.80. The predicted octanol–water partition coefficient (Wildman–Crippen LogP) is 2.43.